The van der Waals surface area contributed by atoms with Gasteiger partial charge >= 0.3 is 0 Å². The minimum absolute atomic E-state index is 0.226. The zero-order chi connectivity index (χ0) is 19.8. The van der Waals surface area contributed by atoms with Crippen LogP contribution in [0.4, 0.5) is 10.9 Å². The molecule has 0 amide bonds. The van der Waals surface area contributed by atoms with E-state index in [-0.39, 0.29) is 5.28 Å². The van der Waals surface area contributed by atoms with Gasteiger partial charge in [0.2, 0.25) is 10.4 Å². The summed E-state index contributed by atoms with van der Waals surface area (Å²) in [6.45, 7) is 5.45. The van der Waals surface area contributed by atoms with E-state index in [0.717, 1.165) is 59.6 Å². The van der Waals surface area contributed by atoms with Crippen molar-refractivity contribution in [2.45, 2.75) is 13.3 Å². The monoisotopic (exact) mass is 426 g/mol. The topological polar surface area (TPSA) is 75.9 Å². The number of halogens is 1. The van der Waals surface area contributed by atoms with Crippen LogP contribution in [0.1, 0.15) is 11.9 Å². The van der Waals surface area contributed by atoms with E-state index >= 15 is 0 Å². The van der Waals surface area contributed by atoms with Gasteiger partial charge in [0.1, 0.15) is 10.8 Å². The van der Waals surface area contributed by atoms with Crippen LogP contribution >= 0.6 is 22.9 Å². The number of benzene rings is 1. The van der Waals surface area contributed by atoms with E-state index < -0.39 is 0 Å². The van der Waals surface area contributed by atoms with Gasteiger partial charge in [-0.1, -0.05) is 36.5 Å². The van der Waals surface area contributed by atoms with Crippen LogP contribution in [0.3, 0.4) is 0 Å². The number of rotatable bonds is 4. The van der Waals surface area contributed by atoms with E-state index in [1.54, 1.807) is 16.0 Å². The second-order valence-electron chi connectivity index (χ2n) is 6.75. The molecule has 4 heterocycles. The van der Waals surface area contributed by atoms with E-state index in [9.17, 15) is 0 Å². The maximum Gasteiger partial charge on any atom is 0.226 e. The van der Waals surface area contributed by atoms with Crippen LogP contribution in [-0.2, 0) is 6.42 Å². The summed E-state index contributed by atoms with van der Waals surface area (Å²) in [4.78, 5) is 13.5. The molecule has 0 atom stereocenters. The number of piperazine rings is 1. The third-order valence-corrected chi connectivity index (χ3v) is 6.29. The van der Waals surface area contributed by atoms with E-state index in [4.69, 9.17) is 11.6 Å². The molecule has 1 saturated heterocycles. The number of aromatic nitrogens is 6. The fraction of sp³-hybridized carbons (Fsp3) is 0.316. The maximum atomic E-state index is 6.29. The Labute approximate surface area is 176 Å². The fourth-order valence-corrected chi connectivity index (χ4v) is 4.48. The number of hydrogen-bond donors (Lipinski definition) is 0. The van der Waals surface area contributed by atoms with Crippen LogP contribution in [0.2, 0.25) is 5.28 Å². The van der Waals surface area contributed by atoms with Gasteiger partial charge in [0.05, 0.1) is 17.3 Å². The lowest BCUT2D eigenvalue weighted by molar-refractivity contribution is 0.645. The van der Waals surface area contributed by atoms with Gasteiger partial charge < -0.3 is 9.80 Å². The second-order valence-corrected chi connectivity index (χ2v) is 8.13. The number of anilines is 2. The summed E-state index contributed by atoms with van der Waals surface area (Å²) >= 11 is 7.95. The molecule has 0 aliphatic carbocycles. The third kappa shape index (κ3) is 3.40. The molecular weight excluding hydrogens is 408 g/mol. The van der Waals surface area contributed by atoms with Crippen molar-refractivity contribution < 1.29 is 0 Å². The van der Waals surface area contributed by atoms with Crippen LogP contribution in [0.15, 0.2) is 36.5 Å². The predicted octanol–water partition coefficient (Wildman–Crippen LogP) is 3.21. The van der Waals surface area contributed by atoms with Crippen molar-refractivity contribution in [2.75, 3.05) is 36.0 Å². The molecule has 10 heteroatoms. The number of para-hydroxylation sites is 1. The van der Waals surface area contributed by atoms with E-state index in [1.807, 2.05) is 36.5 Å². The lowest BCUT2D eigenvalue weighted by Gasteiger charge is -2.35. The smallest absolute Gasteiger partial charge is 0.226 e. The highest BCUT2D eigenvalue weighted by molar-refractivity contribution is 7.15. The quantitative estimate of drug-likeness (QED) is 0.464. The molecule has 0 bridgehead atoms. The van der Waals surface area contributed by atoms with Crippen molar-refractivity contribution in [1.82, 2.24) is 29.9 Å². The van der Waals surface area contributed by atoms with Crippen molar-refractivity contribution in [3.05, 3.63) is 46.8 Å². The molecule has 0 N–H and O–H groups in total. The Bertz CT molecular complexity index is 1130. The molecular formula is C19H19ClN8S. The first-order valence-corrected chi connectivity index (χ1v) is 10.7. The minimum atomic E-state index is 0.226. The average molecular weight is 427 g/mol. The molecule has 148 valence electrons. The number of aryl methyl sites for hydroxylation is 1. The van der Waals surface area contributed by atoms with Crippen molar-refractivity contribution in [1.29, 1.82) is 0 Å². The highest BCUT2D eigenvalue weighted by Gasteiger charge is 2.24. The number of fused-ring (bicyclic) bond motifs is 1. The Hall–Kier alpha value is -2.78. The van der Waals surface area contributed by atoms with Crippen LogP contribution in [0, 0.1) is 0 Å². The van der Waals surface area contributed by atoms with Crippen LogP contribution < -0.4 is 9.80 Å². The summed E-state index contributed by atoms with van der Waals surface area (Å²) in [5.41, 5.74) is 1.65. The lowest BCUT2D eigenvalue weighted by Crippen LogP contribution is -2.47. The molecule has 1 aromatic carbocycles. The summed E-state index contributed by atoms with van der Waals surface area (Å²) in [6.07, 6.45) is 2.74. The van der Waals surface area contributed by atoms with Gasteiger partial charge in [0.25, 0.3) is 0 Å². The SMILES string of the molecule is CCc1nnc(N2CCN(c3nc(Cl)nc4c3cnn4-c3ccccc3)CC2)s1. The first-order valence-electron chi connectivity index (χ1n) is 9.52. The van der Waals surface area contributed by atoms with E-state index in [2.05, 4.69) is 42.0 Å². The molecule has 0 radical (unpaired) electrons. The molecule has 1 fully saturated rings. The van der Waals surface area contributed by atoms with Gasteiger partial charge in [0, 0.05) is 26.2 Å². The number of nitrogens with zero attached hydrogens (tertiary/aromatic N) is 8. The molecule has 29 heavy (non-hydrogen) atoms. The first-order chi connectivity index (χ1) is 14.2. The third-order valence-electron chi connectivity index (χ3n) is 4.99. The molecule has 1 aliphatic rings. The fourth-order valence-electron chi connectivity index (χ4n) is 3.49. The lowest BCUT2D eigenvalue weighted by atomic mass is 10.3. The standard InChI is InChI=1S/C19H19ClN8S/c1-2-15-24-25-19(29-15)27-10-8-26(9-11-27)16-14-12-21-28(13-6-4-3-5-7-13)17(14)23-18(20)22-16/h3-7,12H,2,8-11H2,1H3. The van der Waals surface area contributed by atoms with Gasteiger partial charge in [-0.2, -0.15) is 15.1 Å². The van der Waals surface area contributed by atoms with Crippen LogP contribution in [0.5, 0.6) is 0 Å². The Morgan fingerprint density at radius 1 is 1.00 bits per heavy atom. The second kappa shape index (κ2) is 7.57. The summed E-state index contributed by atoms with van der Waals surface area (Å²) in [7, 11) is 0. The summed E-state index contributed by atoms with van der Waals surface area (Å²) < 4.78 is 1.80. The molecule has 1 aliphatic heterocycles. The zero-order valence-electron chi connectivity index (χ0n) is 15.9. The van der Waals surface area contributed by atoms with Gasteiger partial charge in [-0.25, -0.2) is 4.68 Å². The maximum absolute atomic E-state index is 6.29. The van der Waals surface area contributed by atoms with Crippen molar-refractivity contribution in [3.63, 3.8) is 0 Å². The first kappa shape index (κ1) is 18.3. The Morgan fingerprint density at radius 2 is 1.76 bits per heavy atom. The van der Waals surface area contributed by atoms with Gasteiger partial charge in [-0.05, 0) is 30.2 Å². The van der Waals surface area contributed by atoms with Crippen LogP contribution in [0.25, 0.3) is 16.7 Å². The summed E-state index contributed by atoms with van der Waals surface area (Å²) in [6, 6.07) is 9.91. The largest absolute Gasteiger partial charge is 0.352 e. The van der Waals surface area contributed by atoms with E-state index in [1.165, 1.54) is 0 Å². The Balaban J connectivity index is 1.43. The molecule has 5 rings (SSSR count). The highest BCUT2D eigenvalue weighted by Crippen LogP contribution is 2.29. The zero-order valence-corrected chi connectivity index (χ0v) is 17.4. The van der Waals surface area contributed by atoms with E-state index in [0.29, 0.717) is 5.65 Å². The molecule has 0 unspecified atom stereocenters. The van der Waals surface area contributed by atoms with Gasteiger partial charge in [0.15, 0.2) is 5.65 Å². The Kier molecular flexibility index (Phi) is 4.76. The molecule has 0 spiro atoms. The predicted molar refractivity (Wildman–Crippen MR) is 115 cm³/mol. The molecule has 4 aromatic rings. The highest BCUT2D eigenvalue weighted by atomic mass is 35.5. The molecule has 3 aromatic heterocycles. The minimum Gasteiger partial charge on any atom is -0.352 e. The Morgan fingerprint density at radius 3 is 2.48 bits per heavy atom. The molecule has 8 nitrogen and oxygen atoms in total. The summed E-state index contributed by atoms with van der Waals surface area (Å²) in [5.74, 6) is 0.827. The van der Waals surface area contributed by atoms with Crippen LogP contribution in [-0.4, -0.2) is 56.1 Å². The van der Waals surface area contributed by atoms with Gasteiger partial charge in [-0.3, -0.25) is 0 Å². The van der Waals surface area contributed by atoms with Crippen molar-refractivity contribution >= 4 is 44.9 Å². The van der Waals surface area contributed by atoms with Gasteiger partial charge in [-0.15, -0.1) is 10.2 Å². The number of hydrogen-bond acceptors (Lipinski definition) is 8. The normalized spacial score (nSPS) is 14.7. The summed E-state index contributed by atoms with van der Waals surface area (Å²) in [5, 5.41) is 16.3. The average Bonchev–Trinajstić information content (AvgIpc) is 3.41. The molecule has 0 saturated carbocycles. The van der Waals surface area contributed by atoms with Crippen molar-refractivity contribution in [2.24, 2.45) is 0 Å². The van der Waals surface area contributed by atoms with Crippen molar-refractivity contribution in [3.8, 4) is 5.69 Å².